The number of aryl methyl sites for hydroxylation is 1. The summed E-state index contributed by atoms with van der Waals surface area (Å²) in [5.74, 6) is 0.514. The molecule has 1 rings (SSSR count). The van der Waals surface area contributed by atoms with Gasteiger partial charge in [0.05, 0.1) is 0 Å². The first-order chi connectivity index (χ1) is 5.49. The summed E-state index contributed by atoms with van der Waals surface area (Å²) in [6.07, 6.45) is 2.92. The molecule has 1 aromatic rings. The molecule has 1 heterocycles. The largest absolute Gasteiger partial charge is 0.283 e. The minimum Gasteiger partial charge on any atom is -0.283 e. The average Bonchev–Trinajstić information content (AvgIpc) is 1.91. The lowest BCUT2D eigenvalue weighted by Crippen LogP contribution is -2.10. The Bertz CT molecular complexity index is 372. The molecule has 2 N–H and O–H groups in total. The summed E-state index contributed by atoms with van der Waals surface area (Å²) in [7, 11) is -2.71. The molecule has 0 aromatic carbocycles. The number of nitrogens with zero attached hydrogens (tertiary/aromatic N) is 1. The molecule has 0 aliphatic carbocycles. The van der Waals surface area contributed by atoms with Crippen LogP contribution in [0.15, 0.2) is 18.3 Å². The van der Waals surface area contributed by atoms with Crippen LogP contribution in [0.4, 0.5) is 5.82 Å². The van der Waals surface area contributed by atoms with Gasteiger partial charge in [-0.05, 0) is 18.6 Å². The van der Waals surface area contributed by atoms with E-state index in [1.807, 2.05) is 13.0 Å². The zero-order valence-electron chi connectivity index (χ0n) is 7.00. The first-order valence-electron chi connectivity index (χ1n) is 3.42. The van der Waals surface area contributed by atoms with E-state index in [2.05, 4.69) is 9.71 Å². The monoisotopic (exact) mass is 185 g/mol. The molecule has 4 nitrogen and oxygen atoms in total. The van der Waals surface area contributed by atoms with Gasteiger partial charge < -0.3 is 0 Å². The molecular formula is C7H11N3OS. The standard InChI is InChI=1S/C7H11N3OS/c1-6-4-3-5-9-7(6)10-12(2,8)11/h3-5H,1-2H3,(H2,8,9,10,11). The lowest BCUT2D eigenvalue weighted by molar-refractivity contribution is 0.682. The predicted octanol–water partition coefficient (Wildman–Crippen LogP) is 1.39. The van der Waals surface area contributed by atoms with Gasteiger partial charge in [0, 0.05) is 12.5 Å². The molecule has 0 saturated carbocycles. The van der Waals surface area contributed by atoms with E-state index in [-0.39, 0.29) is 0 Å². The number of rotatable bonds is 2. The summed E-state index contributed by atoms with van der Waals surface area (Å²) >= 11 is 0. The van der Waals surface area contributed by atoms with Crippen LogP contribution in [0.3, 0.4) is 0 Å². The summed E-state index contributed by atoms with van der Waals surface area (Å²) in [5.41, 5.74) is 0.888. The van der Waals surface area contributed by atoms with Crippen molar-refractivity contribution in [3.05, 3.63) is 23.9 Å². The lowest BCUT2D eigenvalue weighted by atomic mass is 10.3. The normalized spacial score (nSPS) is 15.2. The summed E-state index contributed by atoms with van der Waals surface area (Å²) in [6, 6.07) is 3.64. The van der Waals surface area contributed by atoms with Crippen molar-refractivity contribution in [1.29, 1.82) is 4.78 Å². The van der Waals surface area contributed by atoms with Crippen LogP contribution in [0.25, 0.3) is 0 Å². The second-order valence-corrected chi connectivity index (χ2v) is 4.51. The molecule has 66 valence electrons. The Morgan fingerprint density at radius 2 is 2.33 bits per heavy atom. The maximum atomic E-state index is 11.0. The molecule has 12 heavy (non-hydrogen) atoms. The molecule has 1 unspecified atom stereocenters. The number of pyridine rings is 1. The van der Waals surface area contributed by atoms with Gasteiger partial charge in [-0.15, -0.1) is 0 Å². The molecule has 0 amide bonds. The van der Waals surface area contributed by atoms with E-state index in [4.69, 9.17) is 4.78 Å². The van der Waals surface area contributed by atoms with Crippen molar-refractivity contribution < 1.29 is 4.21 Å². The third kappa shape index (κ3) is 2.50. The highest BCUT2D eigenvalue weighted by atomic mass is 32.2. The highest BCUT2D eigenvalue weighted by Crippen LogP contribution is 2.10. The number of hydrogen-bond acceptors (Lipinski definition) is 3. The van der Waals surface area contributed by atoms with Crippen LogP contribution in [0.5, 0.6) is 0 Å². The smallest absolute Gasteiger partial charge is 0.141 e. The summed E-state index contributed by atoms with van der Waals surface area (Å²) < 4.78 is 20.7. The Labute approximate surface area is 72.1 Å². The number of aromatic nitrogens is 1. The molecule has 5 heteroatoms. The van der Waals surface area contributed by atoms with Gasteiger partial charge in [-0.2, -0.15) is 0 Å². The van der Waals surface area contributed by atoms with Gasteiger partial charge in [0.2, 0.25) is 0 Å². The second-order valence-electron chi connectivity index (χ2n) is 2.61. The van der Waals surface area contributed by atoms with Crippen LogP contribution < -0.4 is 4.72 Å². The highest BCUT2D eigenvalue weighted by Gasteiger charge is 2.01. The van der Waals surface area contributed by atoms with Gasteiger partial charge in [0.25, 0.3) is 0 Å². The van der Waals surface area contributed by atoms with Crippen LogP contribution in [0, 0.1) is 11.7 Å². The van der Waals surface area contributed by atoms with Crippen molar-refractivity contribution in [1.82, 2.24) is 4.98 Å². The van der Waals surface area contributed by atoms with Crippen molar-refractivity contribution in [3.8, 4) is 0 Å². The Balaban J connectivity index is 2.98. The zero-order valence-corrected chi connectivity index (χ0v) is 7.81. The van der Waals surface area contributed by atoms with Gasteiger partial charge in [0.1, 0.15) is 15.7 Å². The molecule has 0 radical (unpaired) electrons. The number of hydrogen-bond donors (Lipinski definition) is 2. The minimum atomic E-state index is -2.71. The van der Waals surface area contributed by atoms with E-state index in [1.165, 1.54) is 6.26 Å². The fourth-order valence-electron chi connectivity index (χ4n) is 0.777. The molecule has 0 aliphatic rings. The lowest BCUT2D eigenvalue weighted by Gasteiger charge is -2.06. The third-order valence-corrected chi connectivity index (χ3v) is 1.88. The van der Waals surface area contributed by atoms with Gasteiger partial charge in [-0.3, -0.25) is 4.72 Å². The SMILES string of the molecule is Cc1cccnc1NS(C)(=N)=O. The van der Waals surface area contributed by atoms with Crippen molar-refractivity contribution in [2.24, 2.45) is 0 Å². The Hall–Kier alpha value is -1.10. The molecule has 0 bridgehead atoms. The zero-order chi connectivity index (χ0) is 9.19. The molecule has 0 fully saturated rings. The summed E-state index contributed by atoms with van der Waals surface area (Å²) in [4.78, 5) is 3.95. The number of nitrogens with one attached hydrogen (secondary N) is 2. The predicted molar refractivity (Wildman–Crippen MR) is 49.4 cm³/mol. The van der Waals surface area contributed by atoms with Gasteiger partial charge in [-0.1, -0.05) is 6.07 Å². The summed E-state index contributed by atoms with van der Waals surface area (Å²) in [6.45, 7) is 1.85. The van der Waals surface area contributed by atoms with Gasteiger partial charge in [0.15, 0.2) is 0 Å². The van der Waals surface area contributed by atoms with E-state index in [0.717, 1.165) is 5.56 Å². The third-order valence-electron chi connectivity index (χ3n) is 1.30. The van der Waals surface area contributed by atoms with Crippen LogP contribution in [0.2, 0.25) is 0 Å². The second kappa shape index (κ2) is 3.10. The van der Waals surface area contributed by atoms with Crippen molar-refractivity contribution in [2.45, 2.75) is 6.92 Å². The minimum absolute atomic E-state index is 0.514. The molecule has 0 aliphatic heterocycles. The summed E-state index contributed by atoms with van der Waals surface area (Å²) in [5, 5.41) is 0. The van der Waals surface area contributed by atoms with E-state index in [9.17, 15) is 4.21 Å². The highest BCUT2D eigenvalue weighted by molar-refractivity contribution is 7.93. The number of anilines is 1. The maximum absolute atomic E-state index is 11.0. The van der Waals surface area contributed by atoms with Crippen LogP contribution in [-0.2, 0) is 9.92 Å². The quantitative estimate of drug-likeness (QED) is 0.731. The maximum Gasteiger partial charge on any atom is 0.141 e. The van der Waals surface area contributed by atoms with Crippen molar-refractivity contribution >= 4 is 15.7 Å². The van der Waals surface area contributed by atoms with Crippen molar-refractivity contribution in [2.75, 3.05) is 11.0 Å². The molecule has 0 spiro atoms. The molecule has 1 atom stereocenters. The van der Waals surface area contributed by atoms with Gasteiger partial charge >= 0.3 is 0 Å². The fraction of sp³-hybridized carbons (Fsp3) is 0.286. The average molecular weight is 185 g/mol. The van der Waals surface area contributed by atoms with Crippen LogP contribution in [-0.4, -0.2) is 15.4 Å². The first kappa shape index (κ1) is 8.99. The fourth-order valence-corrected chi connectivity index (χ4v) is 1.36. The van der Waals surface area contributed by atoms with Crippen LogP contribution >= 0.6 is 0 Å². The Morgan fingerprint density at radius 3 is 2.83 bits per heavy atom. The van der Waals surface area contributed by atoms with E-state index < -0.39 is 9.92 Å². The van der Waals surface area contributed by atoms with Gasteiger partial charge in [-0.25, -0.2) is 14.0 Å². The van der Waals surface area contributed by atoms with E-state index in [1.54, 1.807) is 12.3 Å². The Morgan fingerprint density at radius 1 is 1.67 bits per heavy atom. The van der Waals surface area contributed by atoms with Crippen LogP contribution in [0.1, 0.15) is 5.56 Å². The van der Waals surface area contributed by atoms with Crippen molar-refractivity contribution in [3.63, 3.8) is 0 Å². The first-order valence-corrected chi connectivity index (χ1v) is 5.39. The topological polar surface area (TPSA) is 65.8 Å². The van der Waals surface area contributed by atoms with E-state index in [0.29, 0.717) is 5.82 Å². The molecule has 0 saturated heterocycles. The van der Waals surface area contributed by atoms with E-state index >= 15 is 0 Å². The molecule has 1 aromatic heterocycles. The molecular weight excluding hydrogens is 174 g/mol. The Kier molecular flexibility index (Phi) is 2.32.